The van der Waals surface area contributed by atoms with Crippen molar-refractivity contribution < 1.29 is 9.18 Å². The molecule has 4 nitrogen and oxygen atoms in total. The van der Waals surface area contributed by atoms with E-state index in [1.54, 1.807) is 18.3 Å². The zero-order valence-electron chi connectivity index (χ0n) is 15.6. The van der Waals surface area contributed by atoms with Gasteiger partial charge in [0.25, 0.3) is 0 Å². The van der Waals surface area contributed by atoms with E-state index in [1.165, 1.54) is 29.5 Å². The highest BCUT2D eigenvalue weighted by atomic mass is 32.2. The number of hydrogen-bond acceptors (Lipinski definition) is 3. The zero-order chi connectivity index (χ0) is 19.4. The van der Waals surface area contributed by atoms with Crippen molar-refractivity contribution in [3.05, 3.63) is 77.4 Å². The third kappa shape index (κ3) is 4.77. The summed E-state index contributed by atoms with van der Waals surface area (Å²) in [6.07, 6.45) is 3.65. The number of aromatic nitrogens is 2. The smallest absolute Gasteiger partial charge is 0.233 e. The first-order valence-electron chi connectivity index (χ1n) is 8.74. The Morgan fingerprint density at radius 3 is 2.70 bits per heavy atom. The van der Waals surface area contributed by atoms with Crippen LogP contribution in [0.1, 0.15) is 23.6 Å². The molecule has 0 saturated heterocycles. The number of carbonyl (C=O) groups is 1. The first-order valence-corrected chi connectivity index (χ1v) is 9.62. The van der Waals surface area contributed by atoms with Gasteiger partial charge in [0.2, 0.25) is 5.91 Å². The molecule has 6 heteroatoms. The van der Waals surface area contributed by atoms with Crippen LogP contribution in [0.15, 0.2) is 60.0 Å². The molecule has 1 atom stereocenters. The molecule has 0 fully saturated rings. The molecule has 0 spiro atoms. The number of thioether (sulfide) groups is 1. The van der Waals surface area contributed by atoms with Crippen LogP contribution in [0.5, 0.6) is 0 Å². The Morgan fingerprint density at radius 2 is 1.96 bits per heavy atom. The van der Waals surface area contributed by atoms with E-state index in [4.69, 9.17) is 0 Å². The Hall–Kier alpha value is -2.60. The summed E-state index contributed by atoms with van der Waals surface area (Å²) in [7, 11) is 0. The van der Waals surface area contributed by atoms with Gasteiger partial charge in [0.1, 0.15) is 5.82 Å². The molecule has 0 aliphatic carbocycles. The second kappa shape index (κ2) is 8.39. The van der Waals surface area contributed by atoms with E-state index in [2.05, 4.69) is 42.3 Å². The van der Waals surface area contributed by atoms with Gasteiger partial charge in [-0.2, -0.15) is 0 Å². The quantitative estimate of drug-likeness (QED) is 0.641. The number of nitrogens with one attached hydrogen (secondary N) is 1. The van der Waals surface area contributed by atoms with Crippen LogP contribution in [-0.2, 0) is 11.3 Å². The Morgan fingerprint density at radius 1 is 1.22 bits per heavy atom. The van der Waals surface area contributed by atoms with E-state index in [1.807, 2.05) is 17.7 Å². The Kier molecular flexibility index (Phi) is 5.96. The molecule has 0 saturated carbocycles. The number of hydrogen-bond donors (Lipinski definition) is 1. The predicted molar refractivity (Wildman–Crippen MR) is 107 cm³/mol. The molecule has 1 N–H and O–H groups in total. The van der Waals surface area contributed by atoms with Gasteiger partial charge in [-0.1, -0.05) is 36.0 Å². The number of amides is 1. The van der Waals surface area contributed by atoms with Crippen molar-refractivity contribution in [2.75, 3.05) is 0 Å². The third-order valence-corrected chi connectivity index (χ3v) is 5.34. The van der Waals surface area contributed by atoms with Gasteiger partial charge in [0.15, 0.2) is 5.16 Å². The second-order valence-corrected chi connectivity index (χ2v) is 7.78. The summed E-state index contributed by atoms with van der Waals surface area (Å²) in [4.78, 5) is 16.9. The molecule has 140 valence electrons. The van der Waals surface area contributed by atoms with E-state index >= 15 is 0 Å². The van der Waals surface area contributed by atoms with Crippen LogP contribution in [0, 0.1) is 19.7 Å². The summed E-state index contributed by atoms with van der Waals surface area (Å²) in [5.74, 6) is -0.368. The molecule has 3 rings (SSSR count). The third-order valence-electron chi connectivity index (χ3n) is 4.26. The summed E-state index contributed by atoms with van der Waals surface area (Å²) < 4.78 is 15.0. The van der Waals surface area contributed by atoms with Crippen molar-refractivity contribution in [3.8, 4) is 5.69 Å². The maximum atomic E-state index is 13.0. The standard InChI is InChI=1S/C21H22FN3OS/c1-14-4-5-15(2)19(12-14)25-11-10-23-21(25)27-16(3)20(26)24-13-17-6-8-18(22)9-7-17/h4-12,16H,13H2,1-3H3,(H,24,26)/t16-/m0/s1. The summed E-state index contributed by atoms with van der Waals surface area (Å²) in [6, 6.07) is 12.4. The largest absolute Gasteiger partial charge is 0.351 e. The maximum absolute atomic E-state index is 13.0. The highest BCUT2D eigenvalue weighted by molar-refractivity contribution is 8.00. The lowest BCUT2D eigenvalue weighted by Crippen LogP contribution is -2.30. The van der Waals surface area contributed by atoms with Crippen LogP contribution in [-0.4, -0.2) is 20.7 Å². The zero-order valence-corrected chi connectivity index (χ0v) is 16.4. The molecule has 1 heterocycles. The lowest BCUT2D eigenvalue weighted by atomic mass is 10.1. The van der Waals surface area contributed by atoms with E-state index in [9.17, 15) is 9.18 Å². The Balaban J connectivity index is 1.67. The maximum Gasteiger partial charge on any atom is 0.233 e. The molecular weight excluding hydrogens is 361 g/mol. The van der Waals surface area contributed by atoms with Gasteiger partial charge >= 0.3 is 0 Å². The minimum absolute atomic E-state index is 0.0835. The first-order chi connectivity index (χ1) is 12.9. The molecule has 0 aliphatic heterocycles. The number of carbonyl (C=O) groups excluding carboxylic acids is 1. The monoisotopic (exact) mass is 383 g/mol. The molecule has 27 heavy (non-hydrogen) atoms. The lowest BCUT2D eigenvalue weighted by molar-refractivity contribution is -0.120. The summed E-state index contributed by atoms with van der Waals surface area (Å²) in [5, 5.41) is 3.35. The molecule has 1 aromatic heterocycles. The molecule has 3 aromatic rings. The second-order valence-electron chi connectivity index (χ2n) is 6.47. The summed E-state index contributed by atoms with van der Waals surface area (Å²) in [6.45, 7) is 6.34. The average Bonchev–Trinajstić information content (AvgIpc) is 3.10. The van der Waals surface area contributed by atoms with Crippen LogP contribution < -0.4 is 5.32 Å². The molecule has 1 amide bonds. The fraction of sp³-hybridized carbons (Fsp3) is 0.238. The number of aryl methyl sites for hydroxylation is 2. The van der Waals surface area contributed by atoms with Gasteiger partial charge in [0.05, 0.1) is 10.9 Å². The van der Waals surface area contributed by atoms with Crippen LogP contribution in [0.2, 0.25) is 0 Å². The summed E-state index contributed by atoms with van der Waals surface area (Å²) in [5.41, 5.74) is 4.24. The predicted octanol–water partition coefficient (Wildman–Crippen LogP) is 4.43. The number of halogens is 1. The summed E-state index contributed by atoms with van der Waals surface area (Å²) >= 11 is 1.41. The van der Waals surface area contributed by atoms with Crippen molar-refractivity contribution in [1.29, 1.82) is 0 Å². The number of imidazole rings is 1. The molecule has 0 aliphatic rings. The van der Waals surface area contributed by atoms with Gasteiger partial charge in [-0.05, 0) is 55.7 Å². The molecular formula is C21H22FN3OS. The van der Waals surface area contributed by atoms with E-state index in [0.717, 1.165) is 22.0 Å². The minimum atomic E-state index is -0.309. The van der Waals surface area contributed by atoms with Crippen LogP contribution >= 0.6 is 11.8 Å². The topological polar surface area (TPSA) is 46.9 Å². The fourth-order valence-electron chi connectivity index (χ4n) is 2.69. The Labute approximate surface area is 162 Å². The number of rotatable bonds is 6. The van der Waals surface area contributed by atoms with E-state index in [0.29, 0.717) is 6.54 Å². The van der Waals surface area contributed by atoms with Crippen molar-refractivity contribution in [3.63, 3.8) is 0 Å². The van der Waals surface area contributed by atoms with E-state index in [-0.39, 0.29) is 17.0 Å². The van der Waals surface area contributed by atoms with Crippen LogP contribution in [0.25, 0.3) is 5.69 Å². The van der Waals surface area contributed by atoms with Crippen LogP contribution in [0.4, 0.5) is 4.39 Å². The van der Waals surface area contributed by atoms with E-state index < -0.39 is 0 Å². The molecule has 0 radical (unpaired) electrons. The van der Waals surface area contributed by atoms with Crippen molar-refractivity contribution in [2.45, 2.75) is 37.7 Å². The fourth-order valence-corrected chi connectivity index (χ4v) is 3.59. The molecule has 0 unspecified atom stereocenters. The van der Waals surface area contributed by atoms with Crippen molar-refractivity contribution in [1.82, 2.24) is 14.9 Å². The number of nitrogens with zero attached hydrogens (tertiary/aromatic N) is 2. The Bertz CT molecular complexity index is 937. The van der Waals surface area contributed by atoms with Gasteiger partial charge in [-0.3, -0.25) is 9.36 Å². The van der Waals surface area contributed by atoms with Crippen molar-refractivity contribution in [2.24, 2.45) is 0 Å². The number of benzene rings is 2. The highest BCUT2D eigenvalue weighted by Crippen LogP contribution is 2.26. The van der Waals surface area contributed by atoms with Gasteiger partial charge < -0.3 is 5.32 Å². The lowest BCUT2D eigenvalue weighted by Gasteiger charge is -2.15. The minimum Gasteiger partial charge on any atom is -0.351 e. The average molecular weight is 383 g/mol. The van der Waals surface area contributed by atoms with Gasteiger partial charge in [-0.25, -0.2) is 9.37 Å². The SMILES string of the molecule is Cc1ccc(C)c(-n2ccnc2S[C@@H](C)C(=O)NCc2ccc(F)cc2)c1. The highest BCUT2D eigenvalue weighted by Gasteiger charge is 2.18. The first kappa shape index (κ1) is 19.2. The molecule has 2 aromatic carbocycles. The normalized spacial score (nSPS) is 12.0. The molecule has 0 bridgehead atoms. The van der Waals surface area contributed by atoms with Gasteiger partial charge in [0, 0.05) is 18.9 Å². The van der Waals surface area contributed by atoms with Crippen molar-refractivity contribution >= 4 is 17.7 Å². The van der Waals surface area contributed by atoms with Crippen LogP contribution in [0.3, 0.4) is 0 Å². The van der Waals surface area contributed by atoms with Gasteiger partial charge in [-0.15, -0.1) is 0 Å².